The molecule has 0 N–H and O–H groups in total. The Kier molecular flexibility index (Phi) is 6.91. The number of rotatable bonds is 4. The first-order valence-corrected chi connectivity index (χ1v) is 21.1. The van der Waals surface area contributed by atoms with E-state index in [0.717, 1.165) is 0 Å². The van der Waals surface area contributed by atoms with Crippen molar-refractivity contribution in [3.63, 3.8) is 0 Å². The lowest BCUT2D eigenvalue weighted by molar-refractivity contribution is 0.731. The molecule has 0 fully saturated rings. The van der Waals surface area contributed by atoms with Gasteiger partial charge in [-0.1, -0.05) is 200 Å². The van der Waals surface area contributed by atoms with Crippen LogP contribution in [0, 0.1) is 6.92 Å². The van der Waals surface area contributed by atoms with Crippen molar-refractivity contribution in [3.05, 3.63) is 268 Å². The summed E-state index contributed by atoms with van der Waals surface area (Å²) in [4.78, 5) is 5.35. The SMILES string of the molecule is Cc1cc2c3c(c1)N1c4ccccc4C(c4ccccc4)(c4ccccc4)c4cccc(c41)B3N1c3ccccc3C(c3ccccc3)(c3ccccc3)c3cccc-2c31. The molecule has 0 spiro atoms. The molecule has 0 saturated carbocycles. The van der Waals surface area contributed by atoms with Crippen LogP contribution in [0.1, 0.15) is 50.1 Å². The van der Waals surface area contributed by atoms with E-state index < -0.39 is 10.8 Å². The third kappa shape index (κ3) is 4.09. The quantitative estimate of drug-likeness (QED) is 0.165. The van der Waals surface area contributed by atoms with Crippen LogP contribution in [0.15, 0.2) is 218 Å². The Morgan fingerprint density at radius 3 is 1.38 bits per heavy atom. The van der Waals surface area contributed by atoms with Crippen molar-refractivity contribution < 1.29 is 0 Å². The predicted molar refractivity (Wildman–Crippen MR) is 249 cm³/mol. The second-order valence-corrected chi connectivity index (χ2v) is 16.8. The highest BCUT2D eigenvalue weighted by Crippen LogP contribution is 2.62. The van der Waals surface area contributed by atoms with Crippen LogP contribution < -0.4 is 20.6 Å². The first-order valence-electron chi connectivity index (χ1n) is 21.1. The minimum atomic E-state index is -0.557. The molecule has 0 amide bonds. The van der Waals surface area contributed by atoms with Gasteiger partial charge < -0.3 is 9.71 Å². The normalized spacial score (nSPS) is 15.2. The zero-order chi connectivity index (χ0) is 39.6. The molecule has 2 nitrogen and oxygen atoms in total. The van der Waals surface area contributed by atoms with E-state index >= 15 is 0 Å². The van der Waals surface area contributed by atoms with Crippen molar-refractivity contribution in [1.29, 1.82) is 0 Å². The van der Waals surface area contributed by atoms with Crippen molar-refractivity contribution in [2.45, 2.75) is 17.8 Å². The summed E-state index contributed by atoms with van der Waals surface area (Å²) in [5.74, 6) is 0. The summed E-state index contributed by atoms with van der Waals surface area (Å²) < 4.78 is 0. The summed E-state index contributed by atoms with van der Waals surface area (Å²) in [7, 11) is 0. The molecule has 4 heterocycles. The molecule has 0 bridgehead atoms. The summed E-state index contributed by atoms with van der Waals surface area (Å²) in [6.45, 7) is 2.19. The molecule has 280 valence electrons. The average Bonchev–Trinajstić information content (AvgIpc) is 3.32. The largest absolute Gasteiger partial charge is 0.376 e. The van der Waals surface area contributed by atoms with Crippen molar-refractivity contribution in [1.82, 2.24) is 0 Å². The molecule has 0 saturated heterocycles. The summed E-state index contributed by atoms with van der Waals surface area (Å²) >= 11 is 0. The van der Waals surface area contributed by atoms with Crippen LogP contribution in [0.2, 0.25) is 0 Å². The summed E-state index contributed by atoms with van der Waals surface area (Å²) in [5, 5.41) is 0. The van der Waals surface area contributed by atoms with Gasteiger partial charge >= 0.3 is 6.85 Å². The van der Waals surface area contributed by atoms with Gasteiger partial charge in [-0.2, -0.15) is 0 Å². The number of anilines is 5. The molecule has 60 heavy (non-hydrogen) atoms. The molecule has 0 aromatic heterocycles. The van der Waals surface area contributed by atoms with Gasteiger partial charge in [-0.3, -0.25) is 0 Å². The van der Waals surface area contributed by atoms with Crippen molar-refractivity contribution in [2.24, 2.45) is 0 Å². The summed E-state index contributed by atoms with van der Waals surface area (Å²) in [6.07, 6.45) is 0. The molecule has 4 aliphatic heterocycles. The molecule has 0 radical (unpaired) electrons. The zero-order valence-electron chi connectivity index (χ0n) is 33.3. The van der Waals surface area contributed by atoms with Gasteiger partial charge in [0.2, 0.25) is 0 Å². The molecular formula is C57H39BN2. The van der Waals surface area contributed by atoms with Crippen LogP contribution in [0.5, 0.6) is 0 Å². The monoisotopic (exact) mass is 762 g/mol. The second kappa shape index (κ2) is 12.3. The fraction of sp³-hybridized carbons (Fsp3) is 0.0526. The van der Waals surface area contributed by atoms with E-state index in [1.165, 1.54) is 101 Å². The number of para-hydroxylation sites is 4. The highest BCUT2D eigenvalue weighted by Gasteiger charge is 2.56. The molecule has 0 atom stereocenters. The lowest BCUT2D eigenvalue weighted by atomic mass is 9.41. The van der Waals surface area contributed by atoms with Gasteiger partial charge in [-0.25, -0.2) is 0 Å². The average molecular weight is 763 g/mol. The van der Waals surface area contributed by atoms with E-state index in [1.807, 2.05) is 0 Å². The van der Waals surface area contributed by atoms with Gasteiger partial charge in [0.15, 0.2) is 0 Å². The maximum Gasteiger partial charge on any atom is 0.333 e. The molecule has 0 aliphatic carbocycles. The van der Waals surface area contributed by atoms with Crippen LogP contribution >= 0.6 is 0 Å². The van der Waals surface area contributed by atoms with Gasteiger partial charge in [0.05, 0.1) is 16.5 Å². The zero-order valence-corrected chi connectivity index (χ0v) is 33.3. The molecule has 9 aromatic rings. The Morgan fingerprint density at radius 2 is 0.817 bits per heavy atom. The second-order valence-electron chi connectivity index (χ2n) is 16.8. The number of hydrogen-bond acceptors (Lipinski definition) is 2. The molecular weight excluding hydrogens is 723 g/mol. The first-order chi connectivity index (χ1) is 29.7. The van der Waals surface area contributed by atoms with E-state index in [2.05, 4.69) is 235 Å². The Labute approximate surface area is 351 Å². The van der Waals surface area contributed by atoms with Crippen LogP contribution in [0.25, 0.3) is 11.1 Å². The lowest BCUT2D eigenvalue weighted by Crippen LogP contribution is -2.64. The number of benzene rings is 9. The topological polar surface area (TPSA) is 6.48 Å². The molecule has 0 unspecified atom stereocenters. The van der Waals surface area contributed by atoms with Crippen LogP contribution in [0.3, 0.4) is 0 Å². The van der Waals surface area contributed by atoms with Crippen molar-refractivity contribution in [3.8, 4) is 11.1 Å². The van der Waals surface area contributed by atoms with Gasteiger partial charge in [0.25, 0.3) is 0 Å². The number of aryl methyl sites for hydroxylation is 1. The maximum atomic E-state index is 2.73. The standard InChI is InChI=1S/C57H39BN2/c1-38-36-44-43-28-18-31-47-54(43)60(51-35-17-15-30-46(51)57(47,41-24-10-4-11-25-41)42-26-12-5-13-27-42)58-49-33-19-32-48-55(49)59(52(37-38)53(44)58)50-34-16-14-29-45(50)56(48,39-20-6-2-7-21-39)40-22-8-3-9-23-40/h2-37H,1H3. The Hall–Kier alpha value is -7.36. The predicted octanol–water partition coefficient (Wildman–Crippen LogP) is 12.1. The smallest absolute Gasteiger partial charge is 0.333 e. The van der Waals surface area contributed by atoms with E-state index in [1.54, 1.807) is 0 Å². The Morgan fingerprint density at radius 1 is 0.367 bits per heavy atom. The van der Waals surface area contributed by atoms with Gasteiger partial charge in [-0.05, 0) is 91.7 Å². The van der Waals surface area contributed by atoms with Crippen LogP contribution in [-0.2, 0) is 10.8 Å². The van der Waals surface area contributed by atoms with E-state index in [0.29, 0.717) is 0 Å². The lowest BCUT2D eigenvalue weighted by Gasteiger charge is -2.55. The fourth-order valence-electron chi connectivity index (χ4n) is 11.9. The molecule has 3 heteroatoms. The summed E-state index contributed by atoms with van der Waals surface area (Å²) in [6, 6.07) is 82.3. The number of fused-ring (bicyclic) bond motifs is 8. The fourth-order valence-corrected chi connectivity index (χ4v) is 11.9. The van der Waals surface area contributed by atoms with Crippen molar-refractivity contribution >= 4 is 46.2 Å². The Bertz CT molecular complexity index is 3100. The van der Waals surface area contributed by atoms with Crippen LogP contribution in [-0.4, -0.2) is 6.85 Å². The van der Waals surface area contributed by atoms with Crippen molar-refractivity contribution in [2.75, 3.05) is 9.71 Å². The first kappa shape index (κ1) is 33.6. The third-order valence-electron chi connectivity index (χ3n) is 14.0. The van der Waals surface area contributed by atoms with Gasteiger partial charge in [0.1, 0.15) is 0 Å². The van der Waals surface area contributed by atoms with Crippen LogP contribution in [0.4, 0.5) is 28.4 Å². The van der Waals surface area contributed by atoms with Gasteiger partial charge in [0, 0.05) is 28.3 Å². The third-order valence-corrected chi connectivity index (χ3v) is 14.0. The highest BCUT2D eigenvalue weighted by atomic mass is 15.2. The Balaban J connectivity index is 1.19. The maximum absolute atomic E-state index is 2.73. The van der Waals surface area contributed by atoms with E-state index in [9.17, 15) is 0 Å². The summed E-state index contributed by atoms with van der Waals surface area (Å²) in [5.41, 5.74) is 22.0. The minimum absolute atomic E-state index is 0.0874. The number of hydrogen-bond donors (Lipinski definition) is 0. The van der Waals surface area contributed by atoms with E-state index in [-0.39, 0.29) is 6.85 Å². The highest BCUT2D eigenvalue weighted by molar-refractivity contribution is 6.93. The van der Waals surface area contributed by atoms with E-state index in [4.69, 9.17) is 0 Å². The molecule has 13 rings (SSSR count). The van der Waals surface area contributed by atoms with Gasteiger partial charge in [-0.15, -0.1) is 0 Å². The molecule has 4 aliphatic rings. The molecule has 9 aromatic carbocycles. The minimum Gasteiger partial charge on any atom is -0.376 e. The number of nitrogens with zero attached hydrogens (tertiary/aromatic N) is 2.